The number of fused-ring (bicyclic) bond motifs is 1. The first kappa shape index (κ1) is 26.2. The molecule has 1 amide bonds. The third kappa shape index (κ3) is 5.90. The Morgan fingerprint density at radius 3 is 2.61 bits per heavy atom. The van der Waals surface area contributed by atoms with Gasteiger partial charge in [0.15, 0.2) is 0 Å². The monoisotopic (exact) mass is 506 g/mol. The lowest BCUT2D eigenvalue weighted by Gasteiger charge is -2.40. The summed E-state index contributed by atoms with van der Waals surface area (Å²) in [6, 6.07) is 18.7. The van der Waals surface area contributed by atoms with E-state index in [0.29, 0.717) is 26.1 Å². The van der Waals surface area contributed by atoms with E-state index >= 15 is 0 Å². The van der Waals surface area contributed by atoms with Crippen LogP contribution in [0.15, 0.2) is 60.7 Å². The largest absolute Gasteiger partial charge is 0.496 e. The smallest absolute Gasteiger partial charge is 0.410 e. The molecular formula is C29H33FNO4Si. The molecule has 0 aromatic heterocycles. The molecule has 7 heteroatoms. The molecule has 1 heterocycles. The molecule has 0 aliphatic carbocycles. The van der Waals surface area contributed by atoms with Crippen LogP contribution < -0.4 is 4.74 Å². The van der Waals surface area contributed by atoms with Gasteiger partial charge in [-0.05, 0) is 66.6 Å². The van der Waals surface area contributed by atoms with E-state index in [1.807, 2.05) is 63.2 Å². The lowest BCUT2D eigenvalue weighted by Crippen LogP contribution is -2.49. The van der Waals surface area contributed by atoms with Gasteiger partial charge in [0, 0.05) is 28.1 Å². The summed E-state index contributed by atoms with van der Waals surface area (Å²) in [6.07, 6.45) is 0.0836. The van der Waals surface area contributed by atoms with E-state index in [1.165, 1.54) is 12.1 Å². The average molecular weight is 507 g/mol. The molecule has 1 aliphatic heterocycles. The predicted octanol–water partition coefficient (Wildman–Crippen LogP) is 6.25. The molecular weight excluding hydrogens is 473 g/mol. The molecule has 0 saturated carbocycles. The maximum atomic E-state index is 13.6. The molecule has 0 N–H and O–H groups in total. The SMILES string of the molecule is COc1cccc2cc(COC3CN(C(=O)OC(C)(C)C(C)[Si])CCC3c3ccc(F)cc3)ccc12. The van der Waals surface area contributed by atoms with Gasteiger partial charge in [-0.25, -0.2) is 9.18 Å². The zero-order valence-corrected chi connectivity index (χ0v) is 22.3. The van der Waals surface area contributed by atoms with Crippen LogP contribution in [0.5, 0.6) is 5.75 Å². The standard InChI is InChI=1S/C29H33FNO4Si/c1-19(36)29(2,3)35-28(32)31-15-14-25(21-9-11-23(30)12-10-21)27(17-31)34-18-20-8-13-24-22(16-20)6-5-7-26(24)33-4/h5-13,16,19,25,27H,14-15,17-18H2,1-4H3. The number of methoxy groups -OCH3 is 1. The van der Waals surface area contributed by atoms with Crippen LogP contribution in [0.25, 0.3) is 10.8 Å². The first-order valence-corrected chi connectivity index (χ1v) is 12.9. The number of ether oxygens (including phenoxy) is 3. The molecule has 0 bridgehead atoms. The van der Waals surface area contributed by atoms with E-state index < -0.39 is 5.60 Å². The first-order chi connectivity index (χ1) is 17.2. The van der Waals surface area contributed by atoms with Crippen molar-refractivity contribution in [3.8, 4) is 5.75 Å². The van der Waals surface area contributed by atoms with Gasteiger partial charge in [0.2, 0.25) is 0 Å². The number of piperidine rings is 1. The fraction of sp³-hybridized carbons (Fsp3) is 0.414. The van der Waals surface area contributed by atoms with Crippen LogP contribution >= 0.6 is 0 Å². The van der Waals surface area contributed by atoms with E-state index in [2.05, 4.69) is 16.3 Å². The highest BCUT2D eigenvalue weighted by Crippen LogP contribution is 2.33. The number of hydrogen-bond acceptors (Lipinski definition) is 4. The fourth-order valence-electron chi connectivity index (χ4n) is 4.49. The minimum atomic E-state index is -0.649. The van der Waals surface area contributed by atoms with Gasteiger partial charge in [-0.15, -0.1) is 0 Å². The number of carbonyl (C=O) groups excluding carboxylic acids is 1. The Balaban J connectivity index is 1.52. The summed E-state index contributed by atoms with van der Waals surface area (Å²) in [5.41, 5.74) is 1.38. The van der Waals surface area contributed by atoms with E-state index in [1.54, 1.807) is 12.0 Å². The summed E-state index contributed by atoms with van der Waals surface area (Å²) >= 11 is 0. The van der Waals surface area contributed by atoms with Crippen LogP contribution in [0.2, 0.25) is 5.54 Å². The minimum Gasteiger partial charge on any atom is -0.496 e. The van der Waals surface area contributed by atoms with Crippen molar-refractivity contribution >= 4 is 27.1 Å². The van der Waals surface area contributed by atoms with E-state index in [4.69, 9.17) is 14.2 Å². The molecule has 1 saturated heterocycles. The van der Waals surface area contributed by atoms with Gasteiger partial charge in [-0.1, -0.05) is 43.3 Å². The van der Waals surface area contributed by atoms with Gasteiger partial charge in [0.05, 0.1) is 26.4 Å². The van der Waals surface area contributed by atoms with Gasteiger partial charge in [-0.2, -0.15) is 0 Å². The summed E-state index contributed by atoms with van der Waals surface area (Å²) in [4.78, 5) is 14.7. The molecule has 3 unspecified atom stereocenters. The summed E-state index contributed by atoms with van der Waals surface area (Å²) in [5.74, 6) is 0.603. The lowest BCUT2D eigenvalue weighted by molar-refractivity contribution is -0.0393. The second-order valence-corrected chi connectivity index (χ2v) is 10.8. The zero-order valence-electron chi connectivity index (χ0n) is 21.3. The van der Waals surface area contributed by atoms with Crippen molar-refractivity contribution in [2.45, 2.75) is 57.0 Å². The Bertz CT molecular complexity index is 1200. The Morgan fingerprint density at radius 1 is 1.17 bits per heavy atom. The maximum absolute atomic E-state index is 13.6. The average Bonchev–Trinajstić information content (AvgIpc) is 2.87. The maximum Gasteiger partial charge on any atom is 0.410 e. The summed E-state index contributed by atoms with van der Waals surface area (Å²) < 4.78 is 31.3. The van der Waals surface area contributed by atoms with Crippen molar-refractivity contribution in [3.63, 3.8) is 0 Å². The van der Waals surface area contributed by atoms with Gasteiger partial charge in [0.25, 0.3) is 0 Å². The Morgan fingerprint density at radius 2 is 1.92 bits per heavy atom. The molecule has 3 atom stereocenters. The molecule has 3 radical (unpaired) electrons. The number of amides is 1. The molecule has 189 valence electrons. The predicted molar refractivity (Wildman–Crippen MR) is 140 cm³/mol. The topological polar surface area (TPSA) is 48.0 Å². The zero-order chi connectivity index (χ0) is 25.9. The van der Waals surface area contributed by atoms with Crippen LogP contribution in [0.3, 0.4) is 0 Å². The molecule has 4 rings (SSSR count). The Kier molecular flexibility index (Phi) is 8.00. The van der Waals surface area contributed by atoms with Crippen LogP contribution in [0.4, 0.5) is 9.18 Å². The molecule has 1 aliphatic rings. The number of rotatable bonds is 7. The van der Waals surface area contributed by atoms with Gasteiger partial charge in [-0.3, -0.25) is 0 Å². The third-order valence-electron chi connectivity index (χ3n) is 7.10. The second kappa shape index (κ2) is 11.0. The molecule has 3 aromatic carbocycles. The van der Waals surface area contributed by atoms with E-state index in [-0.39, 0.29) is 29.5 Å². The van der Waals surface area contributed by atoms with Gasteiger partial charge < -0.3 is 19.1 Å². The summed E-state index contributed by atoms with van der Waals surface area (Å²) in [5, 5.41) is 2.12. The van der Waals surface area contributed by atoms with Gasteiger partial charge in [0.1, 0.15) is 17.2 Å². The minimum absolute atomic E-state index is 0.00298. The number of likely N-dealkylation sites (tertiary alicyclic amines) is 1. The highest BCUT2D eigenvalue weighted by molar-refractivity contribution is 6.12. The molecule has 1 fully saturated rings. The first-order valence-electron chi connectivity index (χ1n) is 12.3. The van der Waals surface area contributed by atoms with Crippen molar-refractivity contribution in [1.82, 2.24) is 4.90 Å². The Hall–Kier alpha value is -2.90. The summed E-state index contributed by atoms with van der Waals surface area (Å²) in [6.45, 7) is 7.06. The van der Waals surface area contributed by atoms with Crippen LogP contribution in [0, 0.1) is 5.82 Å². The molecule has 3 aromatic rings. The van der Waals surface area contributed by atoms with Crippen LogP contribution in [-0.2, 0) is 16.1 Å². The highest BCUT2D eigenvalue weighted by atomic mass is 28.1. The number of carbonyl (C=O) groups is 1. The number of hydrogen-bond donors (Lipinski definition) is 0. The van der Waals surface area contributed by atoms with Crippen molar-refractivity contribution in [2.75, 3.05) is 20.2 Å². The number of nitrogens with zero attached hydrogens (tertiary/aromatic N) is 1. The number of benzene rings is 3. The molecule has 36 heavy (non-hydrogen) atoms. The highest BCUT2D eigenvalue weighted by Gasteiger charge is 2.36. The van der Waals surface area contributed by atoms with Crippen molar-refractivity contribution < 1.29 is 23.4 Å². The van der Waals surface area contributed by atoms with Crippen molar-refractivity contribution in [1.29, 1.82) is 0 Å². The van der Waals surface area contributed by atoms with Crippen LogP contribution in [-0.4, -0.2) is 53.1 Å². The van der Waals surface area contributed by atoms with Gasteiger partial charge >= 0.3 is 6.09 Å². The van der Waals surface area contributed by atoms with Crippen molar-refractivity contribution in [3.05, 3.63) is 77.6 Å². The van der Waals surface area contributed by atoms with E-state index in [9.17, 15) is 9.18 Å². The van der Waals surface area contributed by atoms with E-state index in [0.717, 1.165) is 27.6 Å². The molecule has 5 nitrogen and oxygen atoms in total. The third-order valence-corrected chi connectivity index (χ3v) is 7.79. The lowest BCUT2D eigenvalue weighted by atomic mass is 9.87. The second-order valence-electron chi connectivity index (χ2n) is 9.95. The normalized spacial score (nSPS) is 19.2. The van der Waals surface area contributed by atoms with Crippen molar-refractivity contribution in [2.24, 2.45) is 0 Å². The number of halogens is 1. The Labute approximate surface area is 216 Å². The summed E-state index contributed by atoms with van der Waals surface area (Å²) in [7, 11) is 5.25. The quantitative estimate of drug-likeness (QED) is 0.355. The fourth-order valence-corrected chi connectivity index (χ4v) is 4.55. The molecule has 0 spiro atoms. The van der Waals surface area contributed by atoms with Crippen LogP contribution in [0.1, 0.15) is 44.2 Å².